The SMILES string of the molecule is C[C@H](C(=O)NC1CCCC1)N(C)CC(=O)Nc1c(Cl)cccc1Cl. The fraction of sp³-hybridized carbons (Fsp3) is 0.529. The third kappa shape index (κ3) is 5.10. The zero-order valence-corrected chi connectivity index (χ0v) is 15.5. The van der Waals surface area contributed by atoms with Gasteiger partial charge in [-0.2, -0.15) is 0 Å². The first-order valence-corrected chi connectivity index (χ1v) is 8.88. The average Bonchev–Trinajstić information content (AvgIpc) is 3.03. The van der Waals surface area contributed by atoms with Crippen LogP contribution >= 0.6 is 23.2 Å². The van der Waals surface area contributed by atoms with Gasteiger partial charge in [-0.25, -0.2) is 0 Å². The highest BCUT2D eigenvalue weighted by molar-refractivity contribution is 6.39. The van der Waals surface area contributed by atoms with E-state index < -0.39 is 6.04 Å². The van der Waals surface area contributed by atoms with Crippen LogP contribution in [0.15, 0.2) is 18.2 Å². The van der Waals surface area contributed by atoms with Gasteiger partial charge >= 0.3 is 0 Å². The van der Waals surface area contributed by atoms with Gasteiger partial charge < -0.3 is 10.6 Å². The van der Waals surface area contributed by atoms with E-state index >= 15 is 0 Å². The molecule has 2 amide bonds. The Bertz CT molecular complexity index is 583. The number of halogens is 2. The molecule has 1 aromatic carbocycles. The molecule has 1 aliphatic rings. The monoisotopic (exact) mass is 371 g/mol. The number of para-hydroxylation sites is 1. The van der Waals surface area contributed by atoms with Crippen molar-refractivity contribution in [1.29, 1.82) is 0 Å². The quantitative estimate of drug-likeness (QED) is 0.806. The number of amides is 2. The van der Waals surface area contributed by atoms with E-state index in [2.05, 4.69) is 10.6 Å². The number of hydrogen-bond donors (Lipinski definition) is 2. The van der Waals surface area contributed by atoms with Crippen LogP contribution in [0, 0.1) is 0 Å². The highest BCUT2D eigenvalue weighted by Crippen LogP contribution is 2.29. The minimum Gasteiger partial charge on any atom is -0.352 e. The molecule has 0 spiro atoms. The van der Waals surface area contributed by atoms with Crippen molar-refractivity contribution in [2.45, 2.75) is 44.7 Å². The molecular weight excluding hydrogens is 349 g/mol. The molecule has 2 rings (SSSR count). The van der Waals surface area contributed by atoms with Crippen molar-refractivity contribution in [3.63, 3.8) is 0 Å². The third-order valence-electron chi connectivity index (χ3n) is 4.36. The smallest absolute Gasteiger partial charge is 0.238 e. The van der Waals surface area contributed by atoms with E-state index in [0.717, 1.165) is 25.7 Å². The van der Waals surface area contributed by atoms with Crippen LogP contribution in [0.3, 0.4) is 0 Å². The molecule has 1 fully saturated rings. The van der Waals surface area contributed by atoms with Gasteiger partial charge in [-0.3, -0.25) is 14.5 Å². The Kier molecular flexibility index (Phi) is 6.90. The van der Waals surface area contributed by atoms with Crippen LogP contribution in [0.1, 0.15) is 32.6 Å². The van der Waals surface area contributed by atoms with E-state index in [1.165, 1.54) is 0 Å². The van der Waals surface area contributed by atoms with Crippen molar-refractivity contribution in [1.82, 2.24) is 10.2 Å². The molecule has 1 aliphatic carbocycles. The second kappa shape index (κ2) is 8.70. The molecule has 2 N–H and O–H groups in total. The normalized spacial score (nSPS) is 16.2. The summed E-state index contributed by atoms with van der Waals surface area (Å²) in [7, 11) is 1.74. The van der Waals surface area contributed by atoms with E-state index in [1.54, 1.807) is 37.1 Å². The first-order valence-electron chi connectivity index (χ1n) is 8.13. The van der Waals surface area contributed by atoms with E-state index in [-0.39, 0.29) is 24.4 Å². The van der Waals surface area contributed by atoms with Crippen LogP contribution in [0.5, 0.6) is 0 Å². The fourth-order valence-corrected chi connectivity index (χ4v) is 3.24. The molecule has 0 saturated heterocycles. The summed E-state index contributed by atoms with van der Waals surface area (Å²) in [5.41, 5.74) is 0.391. The number of likely N-dealkylation sites (N-methyl/N-ethyl adjacent to an activating group) is 1. The fourth-order valence-electron chi connectivity index (χ4n) is 2.75. The second-order valence-electron chi connectivity index (χ2n) is 6.23. The Hall–Kier alpha value is -1.30. The number of carbonyl (C=O) groups is 2. The lowest BCUT2D eigenvalue weighted by Gasteiger charge is -2.25. The van der Waals surface area contributed by atoms with Gasteiger partial charge in [0.2, 0.25) is 11.8 Å². The summed E-state index contributed by atoms with van der Waals surface area (Å²) in [5.74, 6) is -0.319. The highest BCUT2D eigenvalue weighted by Gasteiger charge is 2.24. The van der Waals surface area contributed by atoms with Gasteiger partial charge in [0.05, 0.1) is 28.3 Å². The predicted octanol–water partition coefficient (Wildman–Crippen LogP) is 3.31. The number of hydrogen-bond acceptors (Lipinski definition) is 3. The van der Waals surface area contributed by atoms with E-state index in [4.69, 9.17) is 23.2 Å². The average molecular weight is 372 g/mol. The van der Waals surface area contributed by atoms with Crippen molar-refractivity contribution in [3.8, 4) is 0 Å². The number of nitrogens with zero attached hydrogens (tertiary/aromatic N) is 1. The summed E-state index contributed by atoms with van der Waals surface area (Å²) >= 11 is 12.1. The van der Waals surface area contributed by atoms with Gasteiger partial charge in [0.1, 0.15) is 0 Å². The molecule has 1 saturated carbocycles. The van der Waals surface area contributed by atoms with Gasteiger partial charge in [-0.15, -0.1) is 0 Å². The Morgan fingerprint density at radius 1 is 1.25 bits per heavy atom. The van der Waals surface area contributed by atoms with Crippen molar-refractivity contribution in [2.24, 2.45) is 0 Å². The van der Waals surface area contributed by atoms with Gasteiger partial charge in [-0.05, 0) is 38.9 Å². The molecule has 7 heteroatoms. The lowest BCUT2D eigenvalue weighted by Crippen LogP contribution is -2.48. The molecule has 0 bridgehead atoms. The maximum Gasteiger partial charge on any atom is 0.238 e. The summed E-state index contributed by atoms with van der Waals surface area (Å²) in [6, 6.07) is 4.90. The number of carbonyl (C=O) groups excluding carboxylic acids is 2. The zero-order valence-electron chi connectivity index (χ0n) is 13.9. The van der Waals surface area contributed by atoms with E-state index in [0.29, 0.717) is 15.7 Å². The second-order valence-corrected chi connectivity index (χ2v) is 7.04. The summed E-state index contributed by atoms with van der Waals surface area (Å²) in [6.07, 6.45) is 4.40. The van der Waals surface area contributed by atoms with Gasteiger partial charge in [0.15, 0.2) is 0 Å². The molecular formula is C17H23Cl2N3O2. The summed E-state index contributed by atoms with van der Waals surface area (Å²) in [5, 5.41) is 6.51. The number of nitrogens with one attached hydrogen (secondary N) is 2. The van der Waals surface area contributed by atoms with Crippen LogP contribution in [0.2, 0.25) is 10.0 Å². The van der Waals surface area contributed by atoms with Crippen LogP contribution in [-0.2, 0) is 9.59 Å². The molecule has 0 heterocycles. The number of anilines is 1. The Morgan fingerprint density at radius 2 is 1.83 bits per heavy atom. The standard InChI is InChI=1S/C17H23Cl2N3O2/c1-11(17(24)20-12-6-3-4-7-12)22(2)10-15(23)21-16-13(18)8-5-9-14(16)19/h5,8-9,11-12H,3-4,6-7,10H2,1-2H3,(H,20,24)(H,21,23)/t11-/m1/s1. The van der Waals surface area contributed by atoms with Crippen LogP contribution in [0.25, 0.3) is 0 Å². The van der Waals surface area contributed by atoms with Crippen molar-refractivity contribution < 1.29 is 9.59 Å². The van der Waals surface area contributed by atoms with Gasteiger partial charge in [0, 0.05) is 6.04 Å². The van der Waals surface area contributed by atoms with Gasteiger partial charge in [-0.1, -0.05) is 42.1 Å². The van der Waals surface area contributed by atoms with E-state index in [9.17, 15) is 9.59 Å². The highest BCUT2D eigenvalue weighted by atomic mass is 35.5. The van der Waals surface area contributed by atoms with Crippen molar-refractivity contribution in [2.75, 3.05) is 18.9 Å². The van der Waals surface area contributed by atoms with E-state index in [1.807, 2.05) is 0 Å². The molecule has 0 radical (unpaired) electrons. The lowest BCUT2D eigenvalue weighted by atomic mass is 10.2. The lowest BCUT2D eigenvalue weighted by molar-refractivity contribution is -0.127. The summed E-state index contributed by atoms with van der Waals surface area (Å²) < 4.78 is 0. The zero-order chi connectivity index (χ0) is 17.7. The maximum atomic E-state index is 12.3. The minimum absolute atomic E-state index is 0.0482. The Morgan fingerprint density at radius 3 is 2.42 bits per heavy atom. The van der Waals surface area contributed by atoms with Crippen LogP contribution < -0.4 is 10.6 Å². The predicted molar refractivity (Wildman–Crippen MR) is 97.6 cm³/mol. The molecule has 0 aliphatic heterocycles. The van der Waals surface area contributed by atoms with Crippen molar-refractivity contribution in [3.05, 3.63) is 28.2 Å². The summed E-state index contributed by atoms with van der Waals surface area (Å²) in [6.45, 7) is 1.86. The molecule has 1 aromatic rings. The molecule has 0 aromatic heterocycles. The molecule has 5 nitrogen and oxygen atoms in total. The molecule has 0 unspecified atom stereocenters. The number of rotatable bonds is 6. The van der Waals surface area contributed by atoms with Crippen LogP contribution in [-0.4, -0.2) is 42.4 Å². The third-order valence-corrected chi connectivity index (χ3v) is 4.99. The molecule has 1 atom stereocenters. The van der Waals surface area contributed by atoms with Crippen molar-refractivity contribution >= 4 is 40.7 Å². The molecule has 24 heavy (non-hydrogen) atoms. The minimum atomic E-state index is -0.391. The Labute approximate surface area is 152 Å². The number of benzene rings is 1. The largest absolute Gasteiger partial charge is 0.352 e. The Balaban J connectivity index is 1.87. The topological polar surface area (TPSA) is 61.4 Å². The maximum absolute atomic E-state index is 12.3. The molecule has 132 valence electrons. The van der Waals surface area contributed by atoms with Gasteiger partial charge in [0.25, 0.3) is 0 Å². The van der Waals surface area contributed by atoms with Crippen LogP contribution in [0.4, 0.5) is 5.69 Å². The first-order chi connectivity index (χ1) is 11.4. The first kappa shape index (κ1) is 19.0. The summed E-state index contributed by atoms with van der Waals surface area (Å²) in [4.78, 5) is 26.2.